The van der Waals surface area contributed by atoms with Gasteiger partial charge in [-0.15, -0.1) is 0 Å². The maximum atomic E-state index is 11.5. The second-order valence-electron chi connectivity index (χ2n) is 7.88. The zero-order valence-electron chi connectivity index (χ0n) is 17.0. The molecule has 1 saturated heterocycles. The first-order chi connectivity index (χ1) is 15.1. The Morgan fingerprint density at radius 1 is 1.19 bits per heavy atom. The fraction of sp³-hybridized carbons (Fsp3) is 0.381. The average Bonchev–Trinajstić information content (AvgIpc) is 3.56. The third kappa shape index (κ3) is 3.64. The van der Waals surface area contributed by atoms with E-state index in [-0.39, 0.29) is 17.8 Å². The van der Waals surface area contributed by atoms with E-state index in [1.54, 1.807) is 12.4 Å². The molecule has 10 heteroatoms. The zero-order valence-corrected chi connectivity index (χ0v) is 17.0. The van der Waals surface area contributed by atoms with Gasteiger partial charge in [0.05, 0.1) is 37.6 Å². The van der Waals surface area contributed by atoms with Crippen LogP contribution in [-0.2, 0) is 4.74 Å². The van der Waals surface area contributed by atoms with Crippen molar-refractivity contribution in [2.75, 3.05) is 19.0 Å². The number of rotatable bonds is 6. The second kappa shape index (κ2) is 8.05. The van der Waals surface area contributed by atoms with Crippen LogP contribution in [0.1, 0.15) is 35.1 Å². The molecule has 4 atom stereocenters. The molecular formula is C21H23N7O3. The molecule has 1 aliphatic heterocycles. The van der Waals surface area contributed by atoms with Crippen molar-refractivity contribution in [3.63, 3.8) is 0 Å². The smallest absolute Gasteiger partial charge is 0.358 e. The molecule has 2 aliphatic rings. The minimum atomic E-state index is -0.769. The number of likely N-dealkylation sites (tertiary alicyclic amines) is 1. The molecule has 10 nitrogen and oxygen atoms in total. The highest BCUT2D eigenvalue weighted by molar-refractivity contribution is 5.86. The Kier molecular flexibility index (Phi) is 5.08. The molecule has 4 unspecified atom stereocenters. The van der Waals surface area contributed by atoms with Gasteiger partial charge in [0.2, 0.25) is 0 Å². The molecule has 0 spiro atoms. The van der Waals surface area contributed by atoms with Gasteiger partial charge in [0.1, 0.15) is 12.0 Å². The number of hydrogen-bond donors (Lipinski definition) is 2. The number of hydrogen-bond acceptors (Lipinski definition) is 9. The van der Waals surface area contributed by atoms with E-state index < -0.39 is 12.2 Å². The molecule has 1 aromatic carbocycles. The maximum Gasteiger partial charge on any atom is 0.358 e. The average molecular weight is 421 g/mol. The molecule has 0 radical (unpaired) electrons. The molecule has 31 heavy (non-hydrogen) atoms. The maximum absolute atomic E-state index is 11.5. The summed E-state index contributed by atoms with van der Waals surface area (Å²) in [7, 11) is 1.31. The monoisotopic (exact) mass is 421 g/mol. The van der Waals surface area contributed by atoms with Gasteiger partial charge in [-0.05, 0) is 24.8 Å². The first-order valence-corrected chi connectivity index (χ1v) is 10.2. The highest BCUT2D eigenvalue weighted by Gasteiger charge is 2.47. The van der Waals surface area contributed by atoms with E-state index in [9.17, 15) is 9.90 Å². The van der Waals surface area contributed by atoms with Crippen LogP contribution in [0, 0.1) is 5.92 Å². The van der Waals surface area contributed by atoms with Crippen molar-refractivity contribution in [2.45, 2.75) is 31.2 Å². The number of ether oxygens (including phenoxy) is 1. The van der Waals surface area contributed by atoms with E-state index in [0.29, 0.717) is 11.7 Å². The number of piperidine rings is 1. The van der Waals surface area contributed by atoms with Crippen LogP contribution in [0.2, 0.25) is 0 Å². The number of nitrogens with one attached hydrogen (secondary N) is 1. The fourth-order valence-electron chi connectivity index (χ4n) is 4.71. The lowest BCUT2D eigenvalue weighted by Crippen LogP contribution is -2.46. The van der Waals surface area contributed by atoms with Crippen molar-refractivity contribution in [2.24, 2.45) is 5.92 Å². The number of aromatic nitrogens is 5. The first-order valence-electron chi connectivity index (χ1n) is 10.2. The lowest BCUT2D eigenvalue weighted by molar-refractivity contribution is -0.0214. The molecule has 2 bridgehead atoms. The molecule has 160 valence electrons. The van der Waals surface area contributed by atoms with Crippen LogP contribution in [0.4, 0.5) is 5.82 Å². The molecule has 1 aliphatic carbocycles. The molecular weight excluding hydrogens is 398 g/mol. The van der Waals surface area contributed by atoms with Gasteiger partial charge >= 0.3 is 5.97 Å². The standard InChI is InChI=1S/C21H23N7O3/c1-31-21(30)16-10-23-19(11-22-16)26-15-8-13-9-18(15)27(12-13)20(29)14-4-2-3-5-17(14)28-24-6-7-25-28/h2-7,10-11,13,15,18,20,29H,8-9,12H2,1H3,(H,23,26). The van der Waals surface area contributed by atoms with Crippen molar-refractivity contribution >= 4 is 11.8 Å². The molecule has 0 amide bonds. The van der Waals surface area contributed by atoms with E-state index in [0.717, 1.165) is 30.6 Å². The largest absolute Gasteiger partial charge is 0.464 e. The Labute approximate surface area is 178 Å². The minimum Gasteiger partial charge on any atom is -0.464 e. The number of aliphatic hydroxyl groups excluding tert-OH is 1. The van der Waals surface area contributed by atoms with Gasteiger partial charge in [-0.2, -0.15) is 15.0 Å². The van der Waals surface area contributed by atoms with Crippen LogP contribution in [0.25, 0.3) is 5.69 Å². The van der Waals surface area contributed by atoms with Crippen molar-refractivity contribution in [3.8, 4) is 5.69 Å². The summed E-state index contributed by atoms with van der Waals surface area (Å²) in [4.78, 5) is 23.6. The van der Waals surface area contributed by atoms with Crippen molar-refractivity contribution in [3.05, 3.63) is 60.3 Å². The third-order valence-corrected chi connectivity index (χ3v) is 6.06. The summed E-state index contributed by atoms with van der Waals surface area (Å²) in [5, 5.41) is 23.1. The van der Waals surface area contributed by atoms with Crippen LogP contribution in [-0.4, -0.2) is 66.7 Å². The number of aliphatic hydroxyl groups is 1. The minimum absolute atomic E-state index is 0.127. The van der Waals surface area contributed by atoms with E-state index >= 15 is 0 Å². The molecule has 3 heterocycles. The van der Waals surface area contributed by atoms with E-state index in [2.05, 4.69) is 35.1 Å². The molecule has 2 aromatic heterocycles. The lowest BCUT2D eigenvalue weighted by Gasteiger charge is -2.37. The second-order valence-corrected chi connectivity index (χ2v) is 7.88. The van der Waals surface area contributed by atoms with E-state index in [1.165, 1.54) is 24.3 Å². The van der Waals surface area contributed by atoms with Gasteiger partial charge in [0.25, 0.3) is 0 Å². The number of benzene rings is 1. The number of para-hydroxylation sites is 1. The normalized spacial score (nSPS) is 23.6. The molecule has 2 fully saturated rings. The van der Waals surface area contributed by atoms with Gasteiger partial charge in [0, 0.05) is 24.2 Å². The first kappa shape index (κ1) is 19.6. The third-order valence-electron chi connectivity index (χ3n) is 6.06. The number of nitrogens with zero attached hydrogens (tertiary/aromatic N) is 6. The number of anilines is 1. The van der Waals surface area contributed by atoms with E-state index in [4.69, 9.17) is 0 Å². The number of methoxy groups -OCH3 is 1. The summed E-state index contributed by atoms with van der Waals surface area (Å²) in [6.07, 6.45) is 7.41. The molecule has 5 rings (SSSR count). The quantitative estimate of drug-likeness (QED) is 0.570. The lowest BCUT2D eigenvalue weighted by atomic mass is 10.0. The number of fused-ring (bicyclic) bond motifs is 2. The summed E-state index contributed by atoms with van der Waals surface area (Å²) in [6.45, 7) is 0.831. The Morgan fingerprint density at radius 3 is 2.71 bits per heavy atom. The zero-order chi connectivity index (χ0) is 21.4. The number of carbonyl (C=O) groups is 1. The predicted molar refractivity (Wildman–Crippen MR) is 110 cm³/mol. The van der Waals surface area contributed by atoms with Crippen molar-refractivity contribution in [1.29, 1.82) is 0 Å². The van der Waals surface area contributed by atoms with Gasteiger partial charge in [-0.25, -0.2) is 14.8 Å². The van der Waals surface area contributed by atoms with Gasteiger partial charge in [-0.3, -0.25) is 4.90 Å². The molecule has 1 saturated carbocycles. The van der Waals surface area contributed by atoms with Crippen LogP contribution in [0.3, 0.4) is 0 Å². The Morgan fingerprint density at radius 2 is 2.00 bits per heavy atom. The fourth-order valence-corrected chi connectivity index (χ4v) is 4.71. The summed E-state index contributed by atoms with van der Waals surface area (Å²) in [5.74, 6) is 0.578. The summed E-state index contributed by atoms with van der Waals surface area (Å²) in [6, 6.07) is 7.91. The summed E-state index contributed by atoms with van der Waals surface area (Å²) >= 11 is 0. The Bertz CT molecular complexity index is 1060. The number of carbonyl (C=O) groups excluding carboxylic acids is 1. The van der Waals surface area contributed by atoms with Crippen LogP contribution < -0.4 is 5.32 Å². The summed E-state index contributed by atoms with van der Waals surface area (Å²) < 4.78 is 4.66. The van der Waals surface area contributed by atoms with Crippen molar-refractivity contribution in [1.82, 2.24) is 29.9 Å². The Hall–Kier alpha value is -3.37. The molecule has 3 aromatic rings. The Balaban J connectivity index is 1.33. The topological polar surface area (TPSA) is 118 Å². The predicted octanol–water partition coefficient (Wildman–Crippen LogP) is 1.41. The van der Waals surface area contributed by atoms with Gasteiger partial charge in [-0.1, -0.05) is 18.2 Å². The van der Waals surface area contributed by atoms with Crippen LogP contribution >= 0.6 is 0 Å². The van der Waals surface area contributed by atoms with Crippen molar-refractivity contribution < 1.29 is 14.6 Å². The van der Waals surface area contributed by atoms with Crippen LogP contribution in [0.5, 0.6) is 0 Å². The van der Waals surface area contributed by atoms with E-state index in [1.807, 2.05) is 24.3 Å². The summed E-state index contributed by atoms with van der Waals surface area (Å²) in [5.41, 5.74) is 1.70. The number of esters is 1. The van der Waals surface area contributed by atoms with Crippen LogP contribution in [0.15, 0.2) is 49.1 Å². The SMILES string of the molecule is COC(=O)c1cnc(NC2CC3CC2N(C(O)c2ccccc2-n2nccn2)C3)cn1. The molecule has 2 N–H and O–H groups in total. The van der Waals surface area contributed by atoms with Gasteiger partial charge < -0.3 is 15.2 Å². The highest BCUT2D eigenvalue weighted by Crippen LogP contribution is 2.43. The highest BCUT2D eigenvalue weighted by atomic mass is 16.5. The van der Waals surface area contributed by atoms with Gasteiger partial charge in [0.15, 0.2) is 5.69 Å².